The summed E-state index contributed by atoms with van der Waals surface area (Å²) in [4.78, 5) is 35.4. The topological polar surface area (TPSA) is 56.8 Å². The second-order valence-corrected chi connectivity index (χ2v) is 7.78. The number of pyridine rings is 1. The lowest BCUT2D eigenvalue weighted by Crippen LogP contribution is -2.40. The van der Waals surface area contributed by atoms with Gasteiger partial charge in [-0.05, 0) is 37.8 Å². The SMILES string of the molecule is CN(Cc1ccccn1)C(=O)[C@@H]1C[C@@]12CCN(C(=O)N1CCCC1)C2. The summed E-state index contributed by atoms with van der Waals surface area (Å²) in [7, 11) is 1.85. The van der Waals surface area contributed by atoms with E-state index in [0.29, 0.717) is 6.54 Å². The zero-order valence-corrected chi connectivity index (χ0v) is 14.9. The van der Waals surface area contributed by atoms with Crippen LogP contribution in [0.2, 0.25) is 0 Å². The first-order chi connectivity index (χ1) is 12.1. The molecule has 0 bridgehead atoms. The van der Waals surface area contributed by atoms with Crippen molar-refractivity contribution in [2.75, 3.05) is 33.2 Å². The molecule has 1 aromatic rings. The smallest absolute Gasteiger partial charge is 0.320 e. The lowest BCUT2D eigenvalue weighted by Gasteiger charge is -2.24. The van der Waals surface area contributed by atoms with Crippen LogP contribution in [-0.2, 0) is 11.3 Å². The Balaban J connectivity index is 1.33. The van der Waals surface area contributed by atoms with E-state index >= 15 is 0 Å². The van der Waals surface area contributed by atoms with Gasteiger partial charge < -0.3 is 14.7 Å². The first-order valence-electron chi connectivity index (χ1n) is 9.28. The van der Waals surface area contributed by atoms with Crippen molar-refractivity contribution in [3.63, 3.8) is 0 Å². The van der Waals surface area contributed by atoms with Gasteiger partial charge in [-0.3, -0.25) is 9.78 Å². The number of amides is 3. The molecule has 2 atom stereocenters. The highest BCUT2D eigenvalue weighted by molar-refractivity contribution is 5.83. The second kappa shape index (κ2) is 6.32. The number of hydrogen-bond donors (Lipinski definition) is 0. The van der Waals surface area contributed by atoms with Crippen LogP contribution in [0.5, 0.6) is 0 Å². The molecule has 1 saturated carbocycles. The molecule has 0 unspecified atom stereocenters. The maximum Gasteiger partial charge on any atom is 0.320 e. The minimum atomic E-state index is 0.0326. The summed E-state index contributed by atoms with van der Waals surface area (Å²) < 4.78 is 0. The molecule has 3 heterocycles. The molecule has 4 rings (SSSR count). The van der Waals surface area contributed by atoms with E-state index in [-0.39, 0.29) is 23.3 Å². The second-order valence-electron chi connectivity index (χ2n) is 7.78. The predicted octanol–water partition coefficient (Wildman–Crippen LogP) is 1.97. The average molecular weight is 342 g/mol. The van der Waals surface area contributed by atoms with Crippen molar-refractivity contribution >= 4 is 11.9 Å². The Morgan fingerprint density at radius 1 is 1.24 bits per heavy atom. The Kier molecular flexibility index (Phi) is 4.13. The van der Waals surface area contributed by atoms with Crippen LogP contribution in [0.15, 0.2) is 24.4 Å². The summed E-state index contributed by atoms with van der Waals surface area (Å²) in [5.41, 5.74) is 0.940. The van der Waals surface area contributed by atoms with Crippen molar-refractivity contribution in [1.29, 1.82) is 0 Å². The number of nitrogens with zero attached hydrogens (tertiary/aromatic N) is 4. The van der Waals surface area contributed by atoms with Gasteiger partial charge in [-0.15, -0.1) is 0 Å². The van der Waals surface area contributed by atoms with Gasteiger partial charge in [0, 0.05) is 50.8 Å². The molecule has 1 aliphatic carbocycles. The highest BCUT2D eigenvalue weighted by atomic mass is 16.2. The minimum Gasteiger partial charge on any atom is -0.340 e. The molecule has 2 aliphatic heterocycles. The van der Waals surface area contributed by atoms with E-state index in [0.717, 1.165) is 57.6 Å². The molecule has 134 valence electrons. The molecule has 1 aromatic heterocycles. The molecule has 0 aromatic carbocycles. The highest BCUT2D eigenvalue weighted by Gasteiger charge is 2.62. The van der Waals surface area contributed by atoms with Crippen molar-refractivity contribution in [2.45, 2.75) is 32.2 Å². The van der Waals surface area contributed by atoms with Gasteiger partial charge in [-0.1, -0.05) is 6.07 Å². The van der Waals surface area contributed by atoms with Crippen LogP contribution in [0.25, 0.3) is 0 Å². The van der Waals surface area contributed by atoms with E-state index < -0.39 is 0 Å². The average Bonchev–Trinajstić information content (AvgIpc) is 2.97. The quantitative estimate of drug-likeness (QED) is 0.844. The van der Waals surface area contributed by atoms with Gasteiger partial charge >= 0.3 is 6.03 Å². The van der Waals surface area contributed by atoms with Gasteiger partial charge in [0.05, 0.1) is 12.2 Å². The molecule has 25 heavy (non-hydrogen) atoms. The van der Waals surface area contributed by atoms with Gasteiger partial charge in [0.15, 0.2) is 0 Å². The zero-order chi connectivity index (χ0) is 17.4. The number of carbonyl (C=O) groups excluding carboxylic acids is 2. The van der Waals surface area contributed by atoms with E-state index in [4.69, 9.17) is 0 Å². The summed E-state index contributed by atoms with van der Waals surface area (Å²) in [6.07, 6.45) is 5.86. The van der Waals surface area contributed by atoms with Crippen LogP contribution in [-0.4, -0.2) is 64.8 Å². The van der Waals surface area contributed by atoms with Crippen LogP contribution in [0.4, 0.5) is 4.79 Å². The zero-order valence-electron chi connectivity index (χ0n) is 14.9. The Bertz CT molecular complexity index is 659. The monoisotopic (exact) mass is 342 g/mol. The fourth-order valence-corrected chi connectivity index (χ4v) is 4.39. The third-order valence-electron chi connectivity index (χ3n) is 6.02. The van der Waals surface area contributed by atoms with Crippen LogP contribution in [0, 0.1) is 11.3 Å². The van der Waals surface area contributed by atoms with Crippen molar-refractivity contribution in [3.8, 4) is 0 Å². The predicted molar refractivity (Wildman–Crippen MR) is 93.6 cm³/mol. The Morgan fingerprint density at radius 2 is 2.04 bits per heavy atom. The normalized spacial score (nSPS) is 27.8. The van der Waals surface area contributed by atoms with E-state index in [1.54, 1.807) is 11.1 Å². The van der Waals surface area contributed by atoms with E-state index in [1.165, 1.54) is 0 Å². The summed E-state index contributed by atoms with van der Waals surface area (Å²) in [5.74, 6) is 0.263. The molecule has 3 amide bonds. The maximum absolute atomic E-state index is 12.8. The van der Waals surface area contributed by atoms with Crippen LogP contribution < -0.4 is 0 Å². The summed E-state index contributed by atoms with van der Waals surface area (Å²) in [6, 6.07) is 5.94. The number of aromatic nitrogens is 1. The fourth-order valence-electron chi connectivity index (χ4n) is 4.39. The van der Waals surface area contributed by atoms with Crippen LogP contribution in [0.3, 0.4) is 0 Å². The molecular formula is C19H26N4O2. The van der Waals surface area contributed by atoms with Crippen molar-refractivity contribution in [1.82, 2.24) is 19.7 Å². The molecule has 6 heteroatoms. The number of hydrogen-bond acceptors (Lipinski definition) is 3. The van der Waals surface area contributed by atoms with E-state index in [1.807, 2.05) is 35.0 Å². The number of rotatable bonds is 3. The summed E-state index contributed by atoms with van der Waals surface area (Å²) in [6.45, 7) is 3.86. The maximum atomic E-state index is 12.8. The van der Waals surface area contributed by atoms with Crippen LogP contribution in [0.1, 0.15) is 31.4 Å². The molecule has 0 N–H and O–H groups in total. The summed E-state index contributed by atoms with van der Waals surface area (Å²) in [5, 5.41) is 0. The van der Waals surface area contributed by atoms with E-state index in [2.05, 4.69) is 4.98 Å². The van der Waals surface area contributed by atoms with Gasteiger partial charge in [-0.25, -0.2) is 4.79 Å². The third-order valence-corrected chi connectivity index (χ3v) is 6.02. The first kappa shape index (κ1) is 16.4. The minimum absolute atomic E-state index is 0.0326. The largest absolute Gasteiger partial charge is 0.340 e. The number of likely N-dealkylation sites (tertiary alicyclic amines) is 2. The number of urea groups is 1. The standard InChI is InChI=1S/C19H26N4O2/c1-21(13-15-6-2-3-8-20-15)17(24)16-12-19(16)7-11-23(14-19)18(25)22-9-4-5-10-22/h2-3,6,8,16H,4-5,7,9-14H2,1H3/t16-,19+/m0/s1. The number of carbonyl (C=O) groups is 2. The van der Waals surface area contributed by atoms with Gasteiger partial charge in [0.25, 0.3) is 0 Å². The lowest BCUT2D eigenvalue weighted by molar-refractivity contribution is -0.132. The molecule has 1 spiro atoms. The molecular weight excluding hydrogens is 316 g/mol. The highest BCUT2D eigenvalue weighted by Crippen LogP contribution is 2.59. The fraction of sp³-hybridized carbons (Fsp3) is 0.632. The molecule has 0 radical (unpaired) electrons. The molecule has 2 saturated heterocycles. The molecule has 3 aliphatic rings. The Hall–Kier alpha value is -2.11. The van der Waals surface area contributed by atoms with Crippen molar-refractivity contribution in [3.05, 3.63) is 30.1 Å². The Labute approximate surface area is 148 Å². The summed E-state index contributed by atoms with van der Waals surface area (Å²) >= 11 is 0. The van der Waals surface area contributed by atoms with Crippen LogP contribution >= 0.6 is 0 Å². The van der Waals surface area contributed by atoms with Gasteiger partial charge in [-0.2, -0.15) is 0 Å². The molecule has 3 fully saturated rings. The Morgan fingerprint density at radius 3 is 2.76 bits per heavy atom. The first-order valence-corrected chi connectivity index (χ1v) is 9.28. The van der Waals surface area contributed by atoms with Gasteiger partial charge in [0.2, 0.25) is 5.91 Å². The van der Waals surface area contributed by atoms with Crippen molar-refractivity contribution < 1.29 is 9.59 Å². The van der Waals surface area contributed by atoms with Crippen molar-refractivity contribution in [2.24, 2.45) is 11.3 Å². The lowest BCUT2D eigenvalue weighted by atomic mass is 10.0. The van der Waals surface area contributed by atoms with E-state index in [9.17, 15) is 9.59 Å². The third kappa shape index (κ3) is 3.10. The molecule has 6 nitrogen and oxygen atoms in total. The van der Waals surface area contributed by atoms with Gasteiger partial charge in [0.1, 0.15) is 0 Å².